The second kappa shape index (κ2) is 5.84. The maximum Gasteiger partial charge on any atom is 0.103 e. The Balaban J connectivity index is 0. The lowest BCUT2D eigenvalue weighted by Gasteiger charge is -2.16. The van der Waals surface area contributed by atoms with Crippen LogP contribution in [0.1, 0.15) is 54.0 Å². The molecule has 1 N–H and O–H groups in total. The molecule has 0 saturated heterocycles. The monoisotopic (exact) mass is 198 g/mol. The van der Waals surface area contributed by atoms with Crippen molar-refractivity contribution in [3.8, 4) is 0 Å². The van der Waals surface area contributed by atoms with Crippen LogP contribution in [-0.4, -0.2) is 9.97 Å². The fourth-order valence-corrected chi connectivity index (χ4v) is 1.11. The highest BCUT2D eigenvalue weighted by Gasteiger charge is 2.10. The predicted molar refractivity (Wildman–Crippen MR) is 64.6 cm³/mol. The Hall–Kier alpha value is -0.790. The summed E-state index contributed by atoms with van der Waals surface area (Å²) in [5.41, 5.74) is 1.67. The van der Waals surface area contributed by atoms with Gasteiger partial charge < -0.3 is 4.98 Å². The molecule has 2 nitrogen and oxygen atoms in total. The zero-order valence-electron chi connectivity index (χ0n) is 10.4. The molecule has 0 amide bonds. The van der Waals surface area contributed by atoms with Crippen molar-refractivity contribution in [3.05, 3.63) is 17.7 Å². The molecule has 84 valence electrons. The molecule has 1 heterocycles. The first kappa shape index (κ1) is 13.2. The number of nitrogens with zero attached hydrogens (tertiary/aromatic N) is 1. The Morgan fingerprint density at radius 3 is 2.29 bits per heavy atom. The van der Waals surface area contributed by atoms with Gasteiger partial charge in [0.2, 0.25) is 0 Å². The minimum absolute atomic E-state index is 0. The van der Waals surface area contributed by atoms with E-state index in [0.717, 1.165) is 12.2 Å². The Kier molecular flexibility index (Phi) is 5.51. The summed E-state index contributed by atoms with van der Waals surface area (Å²) in [4.78, 5) is 7.40. The van der Waals surface area contributed by atoms with Crippen molar-refractivity contribution in [3.63, 3.8) is 0 Å². The predicted octanol–water partition coefficient (Wildman–Crippen LogP) is 3.97. The van der Waals surface area contributed by atoms with Crippen molar-refractivity contribution in [2.24, 2.45) is 5.41 Å². The molecule has 0 fully saturated rings. The van der Waals surface area contributed by atoms with Gasteiger partial charge in [-0.25, -0.2) is 4.98 Å². The van der Waals surface area contributed by atoms with Gasteiger partial charge in [-0.2, -0.15) is 0 Å². The van der Waals surface area contributed by atoms with Crippen LogP contribution in [0.2, 0.25) is 0 Å². The highest BCUT2D eigenvalue weighted by atomic mass is 14.9. The van der Waals surface area contributed by atoms with Crippen LogP contribution in [0.5, 0.6) is 0 Å². The number of hydrogen-bond donors (Lipinski definition) is 1. The van der Waals surface area contributed by atoms with Crippen LogP contribution in [0.15, 0.2) is 6.20 Å². The highest BCUT2D eigenvalue weighted by molar-refractivity contribution is 5.00. The molecule has 14 heavy (non-hydrogen) atoms. The van der Waals surface area contributed by atoms with Crippen LogP contribution in [0.3, 0.4) is 0 Å². The number of aromatic amines is 1. The minimum atomic E-state index is 0. The van der Waals surface area contributed by atoms with Gasteiger partial charge in [0.25, 0.3) is 0 Å². The molecule has 2 heteroatoms. The lowest BCUT2D eigenvalue weighted by molar-refractivity contribution is 0.376. The van der Waals surface area contributed by atoms with Crippen LogP contribution in [0.25, 0.3) is 0 Å². The van der Waals surface area contributed by atoms with E-state index in [1.54, 1.807) is 0 Å². The summed E-state index contributed by atoms with van der Waals surface area (Å²) in [7, 11) is 0. The van der Waals surface area contributed by atoms with Crippen LogP contribution >= 0.6 is 0 Å². The van der Waals surface area contributed by atoms with Gasteiger partial charge in [0.15, 0.2) is 0 Å². The van der Waals surface area contributed by atoms with Gasteiger partial charge in [-0.15, -0.1) is 0 Å². The average molecular weight is 198 g/mol. The molecule has 0 radical (unpaired) electrons. The topological polar surface area (TPSA) is 28.7 Å². The van der Waals surface area contributed by atoms with Crippen LogP contribution in [0, 0.1) is 12.3 Å². The summed E-state index contributed by atoms with van der Waals surface area (Å²) in [6.45, 7) is 12.8. The first-order valence-corrected chi connectivity index (χ1v) is 5.48. The number of aromatic nitrogens is 2. The molecule has 0 aliphatic rings. The number of nitrogens with one attached hydrogen (secondary N) is 1. The molecule has 0 atom stereocenters. The van der Waals surface area contributed by atoms with Gasteiger partial charge in [-0.05, 0) is 25.2 Å². The van der Waals surface area contributed by atoms with E-state index in [0.29, 0.717) is 5.41 Å². The third-order valence-electron chi connectivity index (χ3n) is 1.90. The molecule has 1 aromatic heterocycles. The van der Waals surface area contributed by atoms with Gasteiger partial charge in [0.1, 0.15) is 5.82 Å². The van der Waals surface area contributed by atoms with Gasteiger partial charge in [-0.1, -0.05) is 34.6 Å². The number of rotatable bonds is 2. The van der Waals surface area contributed by atoms with Crippen LogP contribution < -0.4 is 0 Å². The third kappa shape index (κ3) is 5.79. The molecular formula is C12H26N2. The van der Waals surface area contributed by atoms with Crippen LogP contribution in [-0.2, 0) is 6.42 Å². The van der Waals surface area contributed by atoms with E-state index < -0.39 is 0 Å². The summed E-state index contributed by atoms with van der Waals surface area (Å²) in [5, 5.41) is 0. The smallest absolute Gasteiger partial charge is 0.103 e. The molecular weight excluding hydrogens is 172 g/mol. The van der Waals surface area contributed by atoms with E-state index in [2.05, 4.69) is 30.7 Å². The zero-order valence-corrected chi connectivity index (χ0v) is 10.4. The minimum Gasteiger partial charge on any atom is -0.346 e. The lowest BCUT2D eigenvalue weighted by atomic mass is 9.90. The van der Waals surface area contributed by atoms with Crippen molar-refractivity contribution in [2.75, 3.05) is 0 Å². The maximum absolute atomic E-state index is 4.16. The van der Waals surface area contributed by atoms with E-state index in [9.17, 15) is 0 Å². The number of imidazole rings is 1. The van der Waals surface area contributed by atoms with Crippen molar-refractivity contribution < 1.29 is 1.43 Å². The van der Waals surface area contributed by atoms with E-state index in [1.165, 1.54) is 12.1 Å². The van der Waals surface area contributed by atoms with Crippen LogP contribution in [0.4, 0.5) is 0 Å². The van der Waals surface area contributed by atoms with Gasteiger partial charge in [0, 0.05) is 13.3 Å². The largest absolute Gasteiger partial charge is 0.346 e. The normalized spacial score (nSPS) is 10.7. The number of H-pyrrole nitrogens is 1. The first-order valence-electron chi connectivity index (χ1n) is 5.48. The molecule has 0 unspecified atom stereocenters. The molecule has 0 bridgehead atoms. The third-order valence-corrected chi connectivity index (χ3v) is 1.90. The SMILES string of the molecule is CC.Cc1ncc(CCC(C)(C)C)[nH]1.[HH]. The molecule has 1 rings (SSSR count). The molecule has 0 spiro atoms. The van der Waals surface area contributed by atoms with E-state index in [4.69, 9.17) is 0 Å². The quantitative estimate of drug-likeness (QED) is 0.765. The summed E-state index contributed by atoms with van der Waals surface area (Å²) >= 11 is 0. The van der Waals surface area contributed by atoms with Gasteiger partial charge in [0.05, 0.1) is 0 Å². The highest BCUT2D eigenvalue weighted by Crippen LogP contribution is 2.20. The molecule has 0 aliphatic heterocycles. The summed E-state index contributed by atoms with van der Waals surface area (Å²) < 4.78 is 0. The van der Waals surface area contributed by atoms with E-state index >= 15 is 0 Å². The summed E-state index contributed by atoms with van der Waals surface area (Å²) in [6, 6.07) is 0. The molecule has 0 aliphatic carbocycles. The van der Waals surface area contributed by atoms with Crippen molar-refractivity contribution in [1.29, 1.82) is 0 Å². The van der Waals surface area contributed by atoms with Crippen molar-refractivity contribution in [2.45, 2.75) is 54.4 Å². The van der Waals surface area contributed by atoms with E-state index in [-0.39, 0.29) is 1.43 Å². The summed E-state index contributed by atoms with van der Waals surface area (Å²) in [6.07, 6.45) is 4.24. The Bertz CT molecular complexity index is 248. The van der Waals surface area contributed by atoms with Crippen molar-refractivity contribution in [1.82, 2.24) is 9.97 Å². The first-order chi connectivity index (χ1) is 6.47. The second-order valence-electron chi connectivity index (χ2n) is 4.55. The summed E-state index contributed by atoms with van der Waals surface area (Å²) in [5.74, 6) is 1.01. The van der Waals surface area contributed by atoms with E-state index in [1.807, 2.05) is 27.0 Å². The molecule has 0 saturated carbocycles. The van der Waals surface area contributed by atoms with Gasteiger partial charge in [-0.3, -0.25) is 0 Å². The Morgan fingerprint density at radius 2 is 1.93 bits per heavy atom. The number of hydrogen-bond acceptors (Lipinski definition) is 1. The van der Waals surface area contributed by atoms with Gasteiger partial charge >= 0.3 is 0 Å². The Labute approximate surface area is 89.6 Å². The molecule has 0 aromatic carbocycles. The number of aryl methyl sites for hydroxylation is 2. The lowest BCUT2D eigenvalue weighted by Crippen LogP contribution is -2.06. The maximum atomic E-state index is 4.16. The zero-order chi connectivity index (χ0) is 11.2. The standard InChI is InChI=1S/C10H18N2.C2H6.H2/c1-8-11-7-9(12-8)5-6-10(2,3)4;1-2;/h7H,5-6H2,1-4H3,(H,11,12);1-2H3;1H. The van der Waals surface area contributed by atoms with Crippen molar-refractivity contribution >= 4 is 0 Å². The fraction of sp³-hybridized carbons (Fsp3) is 0.750. The molecule has 1 aromatic rings. The Morgan fingerprint density at radius 1 is 1.36 bits per heavy atom. The fourth-order valence-electron chi connectivity index (χ4n) is 1.11. The second-order valence-corrected chi connectivity index (χ2v) is 4.55. The average Bonchev–Trinajstić information content (AvgIpc) is 2.50.